The maximum absolute atomic E-state index is 11.8. The predicted octanol–water partition coefficient (Wildman–Crippen LogP) is 0.655. The van der Waals surface area contributed by atoms with Gasteiger partial charge in [-0.1, -0.05) is 0 Å². The normalized spacial score (nSPS) is 16.7. The summed E-state index contributed by atoms with van der Waals surface area (Å²) in [6.07, 6.45) is 0.650. The van der Waals surface area contributed by atoms with Gasteiger partial charge < -0.3 is 14.4 Å². The fourth-order valence-corrected chi connectivity index (χ4v) is 1.64. The number of carbonyl (C=O) groups is 3. The minimum Gasteiger partial charge on any atom is -0.444 e. The van der Waals surface area contributed by atoms with Crippen LogP contribution < -0.4 is 0 Å². The largest absolute Gasteiger partial charge is 0.444 e. The van der Waals surface area contributed by atoms with Crippen molar-refractivity contribution in [3.8, 4) is 0 Å². The molecule has 1 rings (SSSR count). The number of nitrogens with zero attached hydrogens (tertiary/aromatic N) is 2. The highest BCUT2D eigenvalue weighted by Crippen LogP contribution is 2.12. The summed E-state index contributed by atoms with van der Waals surface area (Å²) in [5.74, 6) is -0.144. The Morgan fingerprint density at radius 2 is 2.06 bits per heavy atom. The number of carbonyl (C=O) groups excluding carboxylic acids is 3. The maximum atomic E-state index is 11.8. The zero-order valence-corrected chi connectivity index (χ0v) is 11.1. The second kappa shape index (κ2) is 5.84. The molecule has 0 atom stereocenters. The molecule has 0 bridgehead atoms. The lowest BCUT2D eigenvalue weighted by atomic mass is 10.2. The lowest BCUT2D eigenvalue weighted by Gasteiger charge is -2.34. The van der Waals surface area contributed by atoms with Crippen molar-refractivity contribution in [2.45, 2.75) is 32.8 Å². The van der Waals surface area contributed by atoms with E-state index >= 15 is 0 Å². The Labute approximate surface area is 107 Å². The summed E-state index contributed by atoms with van der Waals surface area (Å²) in [6.45, 7) is 6.69. The van der Waals surface area contributed by atoms with Gasteiger partial charge in [-0.05, 0) is 20.8 Å². The van der Waals surface area contributed by atoms with Crippen LogP contribution in [-0.2, 0) is 14.3 Å². The maximum Gasteiger partial charge on any atom is 0.410 e. The van der Waals surface area contributed by atoms with Crippen molar-refractivity contribution in [3.63, 3.8) is 0 Å². The monoisotopic (exact) mass is 256 g/mol. The average Bonchev–Trinajstić information content (AvgIpc) is 2.25. The summed E-state index contributed by atoms with van der Waals surface area (Å²) >= 11 is 0. The van der Waals surface area contributed by atoms with Crippen LogP contribution >= 0.6 is 0 Å². The zero-order chi connectivity index (χ0) is 13.8. The first kappa shape index (κ1) is 14.5. The molecular weight excluding hydrogens is 236 g/mol. The van der Waals surface area contributed by atoms with Gasteiger partial charge in [0.2, 0.25) is 5.91 Å². The molecule has 0 aliphatic carbocycles. The standard InChI is InChI=1S/C12H20N2O4/c1-12(2,3)18-11(17)14-7-6-13(5-4-8-15)10(16)9-14/h8H,4-7,9H2,1-3H3. The van der Waals surface area contributed by atoms with Crippen LogP contribution in [0.25, 0.3) is 0 Å². The SMILES string of the molecule is CC(C)(C)OC(=O)N1CCN(CCC=O)C(=O)C1. The third kappa shape index (κ3) is 4.35. The van der Waals surface area contributed by atoms with Crippen molar-refractivity contribution in [2.75, 3.05) is 26.2 Å². The van der Waals surface area contributed by atoms with Gasteiger partial charge in [0, 0.05) is 26.1 Å². The molecule has 2 amide bonds. The number of rotatable bonds is 3. The molecule has 6 nitrogen and oxygen atoms in total. The van der Waals surface area contributed by atoms with Crippen LogP contribution in [-0.4, -0.2) is 59.9 Å². The Hall–Kier alpha value is -1.59. The third-order valence-corrected chi connectivity index (χ3v) is 2.49. The van der Waals surface area contributed by atoms with Crippen molar-refractivity contribution in [1.29, 1.82) is 0 Å². The van der Waals surface area contributed by atoms with Gasteiger partial charge >= 0.3 is 6.09 Å². The summed E-state index contributed by atoms with van der Waals surface area (Å²) in [5, 5.41) is 0. The summed E-state index contributed by atoms with van der Waals surface area (Å²) in [7, 11) is 0. The molecule has 0 radical (unpaired) electrons. The van der Waals surface area contributed by atoms with Crippen molar-refractivity contribution in [2.24, 2.45) is 0 Å². The van der Waals surface area contributed by atoms with E-state index in [0.717, 1.165) is 6.29 Å². The minimum absolute atomic E-state index is 0.0216. The molecule has 1 fully saturated rings. The lowest BCUT2D eigenvalue weighted by molar-refractivity contribution is -0.136. The molecule has 1 heterocycles. The van der Waals surface area contributed by atoms with Gasteiger partial charge in [-0.2, -0.15) is 0 Å². The van der Waals surface area contributed by atoms with Crippen LogP contribution in [0.2, 0.25) is 0 Å². The van der Waals surface area contributed by atoms with Crippen LogP contribution in [0.1, 0.15) is 27.2 Å². The number of piperazine rings is 1. The molecule has 0 saturated carbocycles. The molecule has 102 valence electrons. The van der Waals surface area contributed by atoms with Gasteiger partial charge in [0.1, 0.15) is 18.4 Å². The lowest BCUT2D eigenvalue weighted by Crippen LogP contribution is -2.53. The first-order chi connectivity index (χ1) is 8.33. The quantitative estimate of drug-likeness (QED) is 0.695. The topological polar surface area (TPSA) is 66.9 Å². The smallest absolute Gasteiger partial charge is 0.410 e. The number of aldehydes is 1. The highest BCUT2D eigenvalue weighted by molar-refractivity contribution is 5.83. The van der Waals surface area contributed by atoms with Crippen LogP contribution in [0, 0.1) is 0 Å². The summed E-state index contributed by atoms with van der Waals surface area (Å²) < 4.78 is 5.20. The Balaban J connectivity index is 2.47. The molecule has 0 aromatic carbocycles. The van der Waals surface area contributed by atoms with Crippen molar-refractivity contribution < 1.29 is 19.1 Å². The number of amides is 2. The van der Waals surface area contributed by atoms with E-state index in [9.17, 15) is 14.4 Å². The number of hydrogen-bond acceptors (Lipinski definition) is 4. The van der Waals surface area contributed by atoms with E-state index in [4.69, 9.17) is 4.74 Å². The van der Waals surface area contributed by atoms with E-state index in [1.165, 1.54) is 4.90 Å². The van der Waals surface area contributed by atoms with E-state index in [2.05, 4.69) is 0 Å². The van der Waals surface area contributed by atoms with Gasteiger partial charge in [0.15, 0.2) is 0 Å². The van der Waals surface area contributed by atoms with E-state index in [0.29, 0.717) is 26.1 Å². The zero-order valence-electron chi connectivity index (χ0n) is 11.1. The fourth-order valence-electron chi connectivity index (χ4n) is 1.64. The highest BCUT2D eigenvalue weighted by atomic mass is 16.6. The Bertz CT molecular complexity index is 335. The van der Waals surface area contributed by atoms with Gasteiger partial charge in [-0.3, -0.25) is 9.69 Å². The van der Waals surface area contributed by atoms with Crippen molar-refractivity contribution in [1.82, 2.24) is 9.80 Å². The molecule has 0 N–H and O–H groups in total. The number of hydrogen-bond donors (Lipinski definition) is 0. The van der Waals surface area contributed by atoms with Crippen LogP contribution in [0.4, 0.5) is 4.79 Å². The second-order valence-corrected chi connectivity index (χ2v) is 5.24. The first-order valence-corrected chi connectivity index (χ1v) is 6.03. The second-order valence-electron chi connectivity index (χ2n) is 5.24. The van der Waals surface area contributed by atoms with Crippen LogP contribution in [0.5, 0.6) is 0 Å². The van der Waals surface area contributed by atoms with E-state index < -0.39 is 11.7 Å². The van der Waals surface area contributed by atoms with Gasteiger partial charge in [-0.25, -0.2) is 4.79 Å². The predicted molar refractivity (Wildman–Crippen MR) is 65.1 cm³/mol. The molecule has 6 heteroatoms. The van der Waals surface area contributed by atoms with E-state index in [1.807, 2.05) is 0 Å². The minimum atomic E-state index is -0.561. The molecule has 18 heavy (non-hydrogen) atoms. The van der Waals surface area contributed by atoms with Crippen molar-refractivity contribution in [3.05, 3.63) is 0 Å². The van der Waals surface area contributed by atoms with Crippen molar-refractivity contribution >= 4 is 18.3 Å². The molecule has 0 spiro atoms. The molecule has 0 unspecified atom stereocenters. The van der Waals surface area contributed by atoms with Gasteiger partial charge in [0.25, 0.3) is 0 Å². The molecule has 1 aliphatic rings. The third-order valence-electron chi connectivity index (χ3n) is 2.49. The molecule has 1 saturated heterocycles. The summed E-state index contributed by atoms with van der Waals surface area (Å²) in [4.78, 5) is 36.7. The first-order valence-electron chi connectivity index (χ1n) is 6.03. The fraction of sp³-hybridized carbons (Fsp3) is 0.750. The average molecular weight is 256 g/mol. The van der Waals surface area contributed by atoms with Crippen LogP contribution in [0.15, 0.2) is 0 Å². The van der Waals surface area contributed by atoms with Gasteiger partial charge in [0.05, 0.1) is 0 Å². The molecule has 1 aliphatic heterocycles. The van der Waals surface area contributed by atoms with Gasteiger partial charge in [-0.15, -0.1) is 0 Å². The molecule has 0 aromatic rings. The highest BCUT2D eigenvalue weighted by Gasteiger charge is 2.29. The number of ether oxygens (including phenoxy) is 1. The van der Waals surface area contributed by atoms with E-state index in [1.54, 1.807) is 25.7 Å². The molecule has 0 aromatic heterocycles. The Kier molecular flexibility index (Phi) is 4.69. The summed E-state index contributed by atoms with van der Waals surface area (Å²) in [6, 6.07) is 0. The Morgan fingerprint density at radius 3 is 2.56 bits per heavy atom. The summed E-state index contributed by atoms with van der Waals surface area (Å²) in [5.41, 5.74) is -0.561. The van der Waals surface area contributed by atoms with E-state index in [-0.39, 0.29) is 12.5 Å². The Morgan fingerprint density at radius 1 is 1.39 bits per heavy atom. The molecular formula is C12H20N2O4. The van der Waals surface area contributed by atoms with Crippen LogP contribution in [0.3, 0.4) is 0 Å².